The summed E-state index contributed by atoms with van der Waals surface area (Å²) in [7, 11) is 0. The van der Waals surface area contributed by atoms with Crippen molar-refractivity contribution in [3.63, 3.8) is 0 Å². The van der Waals surface area contributed by atoms with E-state index >= 15 is 0 Å². The van der Waals surface area contributed by atoms with Gasteiger partial charge in [-0.2, -0.15) is 0 Å². The van der Waals surface area contributed by atoms with Crippen LogP contribution in [-0.2, 0) is 0 Å². The minimum Gasteiger partial charge on any atom is -0.0928 e. The highest BCUT2D eigenvalue weighted by atomic mass is 79.9. The Bertz CT molecular complexity index is 284. The fraction of sp³-hybridized carbons (Fsp3) is 0.538. The molecule has 0 aliphatic carbocycles. The third-order valence-electron chi connectivity index (χ3n) is 2.75. The lowest BCUT2D eigenvalue weighted by atomic mass is 9.91. The summed E-state index contributed by atoms with van der Waals surface area (Å²) in [5.41, 5.74) is 1.47. The van der Waals surface area contributed by atoms with Gasteiger partial charge in [0.15, 0.2) is 0 Å². The first-order valence-electron chi connectivity index (χ1n) is 5.59. The van der Waals surface area contributed by atoms with Gasteiger partial charge in [0.25, 0.3) is 0 Å². The molecule has 0 bridgehead atoms. The SMILES string of the molecule is CCC(CCCCBr)c1cccc(Br)c1. The van der Waals surface area contributed by atoms with Crippen molar-refractivity contribution in [3.05, 3.63) is 34.3 Å². The van der Waals surface area contributed by atoms with Gasteiger partial charge in [0, 0.05) is 9.80 Å². The van der Waals surface area contributed by atoms with Crippen LogP contribution in [0, 0.1) is 0 Å². The van der Waals surface area contributed by atoms with Gasteiger partial charge in [-0.25, -0.2) is 0 Å². The number of unbranched alkanes of at least 4 members (excludes halogenated alkanes) is 1. The Morgan fingerprint density at radius 3 is 2.67 bits per heavy atom. The number of rotatable bonds is 6. The van der Waals surface area contributed by atoms with Crippen LogP contribution in [0.5, 0.6) is 0 Å². The van der Waals surface area contributed by atoms with Crippen LogP contribution in [0.2, 0.25) is 0 Å². The van der Waals surface area contributed by atoms with Gasteiger partial charge in [0.2, 0.25) is 0 Å². The van der Waals surface area contributed by atoms with Crippen LogP contribution in [0.4, 0.5) is 0 Å². The van der Waals surface area contributed by atoms with Crippen molar-refractivity contribution < 1.29 is 0 Å². The van der Waals surface area contributed by atoms with E-state index < -0.39 is 0 Å². The fourth-order valence-electron chi connectivity index (χ4n) is 1.85. The van der Waals surface area contributed by atoms with Gasteiger partial charge in [-0.05, 0) is 42.9 Å². The summed E-state index contributed by atoms with van der Waals surface area (Å²) in [6, 6.07) is 8.72. The largest absolute Gasteiger partial charge is 0.0928 e. The zero-order valence-corrected chi connectivity index (χ0v) is 12.4. The highest BCUT2D eigenvalue weighted by Gasteiger charge is 2.08. The number of halogens is 2. The monoisotopic (exact) mass is 332 g/mol. The van der Waals surface area contributed by atoms with E-state index in [2.05, 4.69) is 63.0 Å². The van der Waals surface area contributed by atoms with Crippen molar-refractivity contribution in [1.29, 1.82) is 0 Å². The molecule has 0 radical (unpaired) electrons. The molecule has 1 rings (SSSR count). The summed E-state index contributed by atoms with van der Waals surface area (Å²) >= 11 is 7.02. The molecule has 1 aromatic carbocycles. The lowest BCUT2D eigenvalue weighted by Crippen LogP contribution is -1.97. The molecule has 0 aromatic heterocycles. The van der Waals surface area contributed by atoms with Crippen molar-refractivity contribution in [1.82, 2.24) is 0 Å². The molecule has 1 aromatic rings. The topological polar surface area (TPSA) is 0 Å². The highest BCUT2D eigenvalue weighted by molar-refractivity contribution is 9.10. The van der Waals surface area contributed by atoms with E-state index in [0.29, 0.717) is 0 Å². The predicted octanol–water partition coefficient (Wildman–Crippen LogP) is 5.51. The molecular formula is C13H18Br2. The third-order valence-corrected chi connectivity index (χ3v) is 3.80. The summed E-state index contributed by atoms with van der Waals surface area (Å²) < 4.78 is 1.19. The van der Waals surface area contributed by atoms with Gasteiger partial charge in [-0.3, -0.25) is 0 Å². The Hall–Kier alpha value is 0.180. The summed E-state index contributed by atoms with van der Waals surface area (Å²) in [5.74, 6) is 0.724. The second-order valence-electron chi connectivity index (χ2n) is 3.84. The summed E-state index contributed by atoms with van der Waals surface area (Å²) in [6.07, 6.45) is 5.14. The molecule has 0 fully saturated rings. The molecule has 2 heteroatoms. The number of benzene rings is 1. The van der Waals surface area contributed by atoms with Crippen LogP contribution in [0.15, 0.2) is 28.7 Å². The van der Waals surface area contributed by atoms with Gasteiger partial charge in [-0.1, -0.05) is 57.3 Å². The van der Waals surface area contributed by atoms with Gasteiger partial charge >= 0.3 is 0 Å². The normalized spacial score (nSPS) is 12.7. The maximum atomic E-state index is 3.53. The number of hydrogen-bond acceptors (Lipinski definition) is 0. The van der Waals surface area contributed by atoms with Crippen LogP contribution in [0.25, 0.3) is 0 Å². The first-order chi connectivity index (χ1) is 7.27. The van der Waals surface area contributed by atoms with Crippen LogP contribution < -0.4 is 0 Å². The van der Waals surface area contributed by atoms with Crippen LogP contribution in [0.1, 0.15) is 44.1 Å². The molecule has 15 heavy (non-hydrogen) atoms. The van der Waals surface area contributed by atoms with Crippen molar-refractivity contribution in [2.45, 2.75) is 38.5 Å². The quantitative estimate of drug-likeness (QED) is 0.475. The van der Waals surface area contributed by atoms with Gasteiger partial charge in [0.1, 0.15) is 0 Å². The van der Waals surface area contributed by atoms with E-state index in [1.807, 2.05) is 0 Å². The Kier molecular flexibility index (Phi) is 6.58. The van der Waals surface area contributed by atoms with E-state index in [1.54, 1.807) is 0 Å². The van der Waals surface area contributed by atoms with Gasteiger partial charge < -0.3 is 0 Å². The lowest BCUT2D eigenvalue weighted by molar-refractivity contribution is 0.572. The first-order valence-corrected chi connectivity index (χ1v) is 7.50. The average molecular weight is 334 g/mol. The Labute approximate surface area is 110 Å². The predicted molar refractivity (Wildman–Crippen MR) is 74.8 cm³/mol. The zero-order chi connectivity index (χ0) is 11.1. The van der Waals surface area contributed by atoms with E-state index in [-0.39, 0.29) is 0 Å². The van der Waals surface area contributed by atoms with E-state index in [1.165, 1.54) is 35.7 Å². The maximum absolute atomic E-state index is 3.53. The van der Waals surface area contributed by atoms with E-state index in [9.17, 15) is 0 Å². The minimum atomic E-state index is 0.724. The minimum absolute atomic E-state index is 0.724. The van der Waals surface area contributed by atoms with Crippen molar-refractivity contribution in [2.24, 2.45) is 0 Å². The third kappa shape index (κ3) is 4.69. The second kappa shape index (κ2) is 7.45. The Morgan fingerprint density at radius 1 is 1.27 bits per heavy atom. The molecule has 0 aliphatic rings. The maximum Gasteiger partial charge on any atom is 0.0178 e. The van der Waals surface area contributed by atoms with E-state index in [0.717, 1.165) is 11.2 Å². The average Bonchev–Trinajstić information content (AvgIpc) is 2.24. The highest BCUT2D eigenvalue weighted by Crippen LogP contribution is 2.27. The number of alkyl halides is 1. The molecule has 1 unspecified atom stereocenters. The van der Waals surface area contributed by atoms with Crippen molar-refractivity contribution in [3.8, 4) is 0 Å². The zero-order valence-electron chi connectivity index (χ0n) is 9.18. The molecule has 0 nitrogen and oxygen atoms in total. The van der Waals surface area contributed by atoms with Gasteiger partial charge in [-0.15, -0.1) is 0 Å². The molecule has 84 valence electrons. The molecular weight excluding hydrogens is 316 g/mol. The molecule has 0 saturated heterocycles. The molecule has 0 saturated carbocycles. The molecule has 0 N–H and O–H groups in total. The second-order valence-corrected chi connectivity index (χ2v) is 5.55. The summed E-state index contributed by atoms with van der Waals surface area (Å²) in [4.78, 5) is 0. The Balaban J connectivity index is 2.57. The van der Waals surface area contributed by atoms with Crippen LogP contribution >= 0.6 is 31.9 Å². The van der Waals surface area contributed by atoms with Crippen LogP contribution in [-0.4, -0.2) is 5.33 Å². The molecule has 0 heterocycles. The Morgan fingerprint density at radius 2 is 2.07 bits per heavy atom. The van der Waals surface area contributed by atoms with Crippen LogP contribution in [0.3, 0.4) is 0 Å². The molecule has 1 atom stereocenters. The lowest BCUT2D eigenvalue weighted by Gasteiger charge is -2.15. The molecule has 0 amide bonds. The van der Waals surface area contributed by atoms with E-state index in [4.69, 9.17) is 0 Å². The number of hydrogen-bond donors (Lipinski definition) is 0. The van der Waals surface area contributed by atoms with Crippen molar-refractivity contribution >= 4 is 31.9 Å². The molecule has 0 aliphatic heterocycles. The summed E-state index contributed by atoms with van der Waals surface area (Å²) in [6.45, 7) is 2.28. The fourth-order valence-corrected chi connectivity index (χ4v) is 2.67. The summed E-state index contributed by atoms with van der Waals surface area (Å²) in [5, 5.41) is 1.13. The smallest absolute Gasteiger partial charge is 0.0178 e. The molecule has 0 spiro atoms. The standard InChI is InChI=1S/C13H18Br2/c1-2-11(6-3-4-9-14)12-7-5-8-13(15)10-12/h5,7-8,10-11H,2-4,6,9H2,1H3. The van der Waals surface area contributed by atoms with Crippen molar-refractivity contribution in [2.75, 3.05) is 5.33 Å². The van der Waals surface area contributed by atoms with Gasteiger partial charge in [0.05, 0.1) is 0 Å². The first kappa shape index (κ1) is 13.2.